The fourth-order valence-electron chi connectivity index (χ4n) is 3.39. The molecule has 0 saturated carbocycles. The molecule has 1 N–H and O–H groups in total. The van der Waals surface area contributed by atoms with Crippen molar-refractivity contribution in [3.63, 3.8) is 0 Å². The van der Waals surface area contributed by atoms with Crippen LogP contribution in [0.3, 0.4) is 0 Å². The maximum atomic E-state index is 13.1. The van der Waals surface area contributed by atoms with Gasteiger partial charge in [-0.25, -0.2) is 9.69 Å². The molecule has 174 valence electrons. The number of nitrogens with one attached hydrogen (secondary N) is 1. The SMILES string of the molecule is C#CCOc1ccc(/C=C2\C(=O)NC(=O)N(c3ccc(OCc4ccc(C)cc4)cc3)C2=O)cc1. The molecule has 3 aromatic carbocycles. The van der Waals surface area contributed by atoms with Crippen LogP contribution in [0.5, 0.6) is 11.5 Å². The Hall–Kier alpha value is -4.83. The lowest BCUT2D eigenvalue weighted by atomic mass is 10.1. The number of anilines is 1. The molecule has 0 spiro atoms. The molecule has 7 nitrogen and oxygen atoms in total. The van der Waals surface area contributed by atoms with Gasteiger partial charge < -0.3 is 9.47 Å². The van der Waals surface area contributed by atoms with Gasteiger partial charge in [-0.15, -0.1) is 6.42 Å². The third-order valence-electron chi connectivity index (χ3n) is 5.24. The minimum absolute atomic E-state index is 0.133. The van der Waals surface area contributed by atoms with Crippen molar-refractivity contribution in [3.05, 3.63) is 95.1 Å². The maximum Gasteiger partial charge on any atom is 0.335 e. The molecule has 1 saturated heterocycles. The number of aryl methyl sites for hydroxylation is 1. The molecule has 35 heavy (non-hydrogen) atoms. The van der Waals surface area contributed by atoms with E-state index >= 15 is 0 Å². The Morgan fingerprint density at radius 3 is 2.17 bits per heavy atom. The molecule has 0 radical (unpaired) electrons. The summed E-state index contributed by atoms with van der Waals surface area (Å²) in [6.07, 6.45) is 6.60. The Bertz CT molecular complexity index is 1320. The predicted molar refractivity (Wildman–Crippen MR) is 132 cm³/mol. The van der Waals surface area contributed by atoms with Crippen LogP contribution in [0.4, 0.5) is 10.5 Å². The number of hydrogen-bond donors (Lipinski definition) is 1. The van der Waals surface area contributed by atoms with E-state index < -0.39 is 17.8 Å². The van der Waals surface area contributed by atoms with Crippen LogP contribution in [0.25, 0.3) is 6.08 Å². The van der Waals surface area contributed by atoms with Crippen LogP contribution in [0.1, 0.15) is 16.7 Å². The van der Waals surface area contributed by atoms with Crippen LogP contribution in [-0.2, 0) is 16.2 Å². The molecule has 4 rings (SSSR count). The smallest absolute Gasteiger partial charge is 0.335 e. The Morgan fingerprint density at radius 1 is 0.886 bits per heavy atom. The molecule has 0 bridgehead atoms. The zero-order valence-corrected chi connectivity index (χ0v) is 19.0. The number of rotatable bonds is 7. The van der Waals surface area contributed by atoms with Crippen molar-refractivity contribution in [2.75, 3.05) is 11.5 Å². The van der Waals surface area contributed by atoms with Gasteiger partial charge in [0.05, 0.1) is 5.69 Å². The van der Waals surface area contributed by atoms with Crippen molar-refractivity contribution >= 4 is 29.6 Å². The van der Waals surface area contributed by atoms with Gasteiger partial charge in [-0.2, -0.15) is 0 Å². The van der Waals surface area contributed by atoms with Gasteiger partial charge in [-0.05, 0) is 60.5 Å². The van der Waals surface area contributed by atoms with E-state index in [1.165, 1.54) is 11.6 Å². The number of hydrogen-bond acceptors (Lipinski definition) is 5. The zero-order chi connectivity index (χ0) is 24.8. The summed E-state index contributed by atoms with van der Waals surface area (Å²) in [5.74, 6) is 2.03. The predicted octanol–water partition coefficient (Wildman–Crippen LogP) is 4.25. The highest BCUT2D eigenvalue weighted by Gasteiger charge is 2.36. The van der Waals surface area contributed by atoms with Gasteiger partial charge in [0.25, 0.3) is 11.8 Å². The lowest BCUT2D eigenvalue weighted by Gasteiger charge is -2.26. The van der Waals surface area contributed by atoms with E-state index in [1.807, 2.05) is 31.2 Å². The van der Waals surface area contributed by atoms with Gasteiger partial charge >= 0.3 is 6.03 Å². The van der Waals surface area contributed by atoms with Crippen molar-refractivity contribution in [2.45, 2.75) is 13.5 Å². The second-order valence-electron chi connectivity index (χ2n) is 7.79. The average Bonchev–Trinajstić information content (AvgIpc) is 2.86. The summed E-state index contributed by atoms with van der Waals surface area (Å²) in [6, 6.07) is 20.4. The molecule has 0 unspecified atom stereocenters. The number of urea groups is 1. The van der Waals surface area contributed by atoms with E-state index in [2.05, 4.69) is 11.2 Å². The molecule has 1 heterocycles. The Kier molecular flexibility index (Phi) is 6.94. The minimum Gasteiger partial charge on any atom is -0.489 e. The maximum absolute atomic E-state index is 13.1. The molecule has 0 aromatic heterocycles. The second kappa shape index (κ2) is 10.4. The molecule has 1 aliphatic heterocycles. The Balaban J connectivity index is 1.49. The molecular weight excluding hydrogens is 444 g/mol. The topological polar surface area (TPSA) is 84.9 Å². The van der Waals surface area contributed by atoms with Gasteiger partial charge in [-0.3, -0.25) is 14.9 Å². The highest BCUT2D eigenvalue weighted by molar-refractivity contribution is 6.39. The summed E-state index contributed by atoms with van der Waals surface area (Å²) in [7, 11) is 0. The highest BCUT2D eigenvalue weighted by Crippen LogP contribution is 2.25. The van der Waals surface area contributed by atoms with Crippen LogP contribution < -0.4 is 19.7 Å². The largest absolute Gasteiger partial charge is 0.489 e. The van der Waals surface area contributed by atoms with Crippen molar-refractivity contribution in [3.8, 4) is 23.8 Å². The summed E-state index contributed by atoms with van der Waals surface area (Å²) in [6.45, 7) is 2.54. The van der Waals surface area contributed by atoms with E-state index in [0.29, 0.717) is 29.4 Å². The molecule has 7 heteroatoms. The van der Waals surface area contributed by atoms with E-state index in [1.54, 1.807) is 48.5 Å². The zero-order valence-electron chi connectivity index (χ0n) is 19.0. The number of carbonyl (C=O) groups excluding carboxylic acids is 3. The molecular formula is C28H22N2O5. The number of carbonyl (C=O) groups is 3. The number of benzene rings is 3. The standard InChI is InChI=1S/C28H22N2O5/c1-3-16-34-23-12-8-20(9-13-23)17-25-26(31)29-28(33)30(27(25)32)22-10-14-24(15-11-22)35-18-21-6-4-19(2)5-7-21/h1,4-15,17H,16,18H2,2H3,(H,29,31,33)/b25-17+. The molecule has 0 aliphatic carbocycles. The van der Waals surface area contributed by atoms with Crippen molar-refractivity contribution in [1.82, 2.24) is 5.32 Å². The quantitative estimate of drug-likeness (QED) is 0.320. The number of ether oxygens (including phenoxy) is 2. The van der Waals surface area contributed by atoms with Crippen LogP contribution >= 0.6 is 0 Å². The van der Waals surface area contributed by atoms with Gasteiger partial charge in [0.15, 0.2) is 0 Å². The van der Waals surface area contributed by atoms with Gasteiger partial charge in [0.1, 0.15) is 30.3 Å². The number of barbiturate groups is 1. The lowest BCUT2D eigenvalue weighted by molar-refractivity contribution is -0.122. The number of imide groups is 2. The highest BCUT2D eigenvalue weighted by atomic mass is 16.5. The molecule has 4 amide bonds. The number of terminal acetylenes is 1. The first kappa shape index (κ1) is 23.3. The Morgan fingerprint density at radius 2 is 1.51 bits per heavy atom. The van der Waals surface area contributed by atoms with Crippen LogP contribution in [-0.4, -0.2) is 24.5 Å². The summed E-state index contributed by atoms with van der Waals surface area (Å²) in [4.78, 5) is 38.8. The number of amides is 4. The first-order valence-corrected chi connectivity index (χ1v) is 10.8. The second-order valence-corrected chi connectivity index (χ2v) is 7.79. The van der Waals surface area contributed by atoms with E-state index in [4.69, 9.17) is 15.9 Å². The van der Waals surface area contributed by atoms with E-state index in [-0.39, 0.29) is 12.2 Å². The minimum atomic E-state index is -0.816. The Labute approximate surface area is 203 Å². The molecule has 0 atom stereocenters. The summed E-state index contributed by atoms with van der Waals surface area (Å²) < 4.78 is 11.1. The molecule has 3 aromatic rings. The fraction of sp³-hybridized carbons (Fsp3) is 0.107. The van der Waals surface area contributed by atoms with Gasteiger partial charge in [-0.1, -0.05) is 47.9 Å². The van der Waals surface area contributed by atoms with Gasteiger partial charge in [0.2, 0.25) is 0 Å². The first-order valence-electron chi connectivity index (χ1n) is 10.8. The monoisotopic (exact) mass is 466 g/mol. The summed E-state index contributed by atoms with van der Waals surface area (Å²) >= 11 is 0. The van der Waals surface area contributed by atoms with E-state index in [9.17, 15) is 14.4 Å². The van der Waals surface area contributed by atoms with Crippen molar-refractivity contribution < 1.29 is 23.9 Å². The van der Waals surface area contributed by atoms with Crippen molar-refractivity contribution in [2.24, 2.45) is 0 Å². The molecule has 1 aliphatic rings. The van der Waals surface area contributed by atoms with Crippen LogP contribution in [0, 0.1) is 19.3 Å². The number of nitrogens with zero attached hydrogens (tertiary/aromatic N) is 1. The van der Waals surface area contributed by atoms with Gasteiger partial charge in [0, 0.05) is 0 Å². The lowest BCUT2D eigenvalue weighted by Crippen LogP contribution is -2.54. The van der Waals surface area contributed by atoms with Crippen molar-refractivity contribution in [1.29, 1.82) is 0 Å². The van der Waals surface area contributed by atoms with E-state index in [0.717, 1.165) is 10.5 Å². The van der Waals surface area contributed by atoms with Crippen LogP contribution in [0.2, 0.25) is 0 Å². The normalized spacial score (nSPS) is 14.5. The third kappa shape index (κ3) is 5.57. The first-order chi connectivity index (χ1) is 16.9. The summed E-state index contributed by atoms with van der Waals surface area (Å²) in [5.41, 5.74) is 2.92. The van der Waals surface area contributed by atoms with Crippen LogP contribution in [0.15, 0.2) is 78.4 Å². The summed E-state index contributed by atoms with van der Waals surface area (Å²) in [5, 5.41) is 2.21. The average molecular weight is 466 g/mol. The third-order valence-corrected chi connectivity index (χ3v) is 5.24. The molecule has 1 fully saturated rings. The fourth-order valence-corrected chi connectivity index (χ4v) is 3.39.